The molecule has 0 spiro atoms. The molecule has 0 radical (unpaired) electrons. The number of nitrogen functional groups attached to an aromatic ring is 1. The third-order valence-corrected chi connectivity index (χ3v) is 5.64. The highest BCUT2D eigenvalue weighted by Gasteiger charge is 2.32. The van der Waals surface area contributed by atoms with Crippen molar-refractivity contribution in [3.8, 4) is 0 Å². The predicted octanol–water partition coefficient (Wildman–Crippen LogP) is 2.22. The first-order valence-corrected chi connectivity index (χ1v) is 8.33. The minimum atomic E-state index is -3.26. The van der Waals surface area contributed by atoms with E-state index in [1.54, 1.807) is 22.5 Å². The van der Waals surface area contributed by atoms with Crippen molar-refractivity contribution in [3.63, 3.8) is 0 Å². The third-order valence-electron chi connectivity index (χ3n) is 3.72. The molecule has 1 aromatic rings. The molecule has 1 saturated heterocycles. The summed E-state index contributed by atoms with van der Waals surface area (Å²) in [5.41, 5.74) is 7.06. The van der Waals surface area contributed by atoms with Gasteiger partial charge in [0.1, 0.15) is 0 Å². The van der Waals surface area contributed by atoms with Gasteiger partial charge in [0.15, 0.2) is 0 Å². The Balaban J connectivity index is 2.17. The molecule has 106 valence electrons. The second-order valence-electron chi connectivity index (χ2n) is 5.60. The maximum absolute atomic E-state index is 12.5. The molecule has 5 heteroatoms. The number of nitrogens with two attached hydrogens (primary N) is 1. The van der Waals surface area contributed by atoms with Crippen LogP contribution in [0.2, 0.25) is 0 Å². The summed E-state index contributed by atoms with van der Waals surface area (Å²) in [6.07, 6.45) is 2.04. The van der Waals surface area contributed by atoms with Crippen LogP contribution in [0.4, 0.5) is 5.69 Å². The van der Waals surface area contributed by atoms with Gasteiger partial charge in [-0.2, -0.15) is 4.31 Å². The van der Waals surface area contributed by atoms with Crippen LogP contribution in [0.3, 0.4) is 0 Å². The standard InChI is InChI=1S/C14H22N2O2S/c1-11-6-7-12(2)16(9-11)19(17,18)10-13-4-3-5-14(15)8-13/h3-5,8,11-12H,6-7,9-10,15H2,1-2H3. The summed E-state index contributed by atoms with van der Waals surface area (Å²) in [5.74, 6) is 0.474. The van der Waals surface area contributed by atoms with Gasteiger partial charge in [-0.25, -0.2) is 8.42 Å². The zero-order valence-corrected chi connectivity index (χ0v) is 12.4. The molecule has 0 aliphatic carbocycles. The SMILES string of the molecule is CC1CCC(C)N(S(=O)(=O)Cc2cccc(N)c2)C1. The van der Waals surface area contributed by atoms with Gasteiger partial charge in [-0.3, -0.25) is 0 Å². The number of sulfonamides is 1. The molecular formula is C14H22N2O2S. The molecule has 2 N–H and O–H groups in total. The summed E-state index contributed by atoms with van der Waals surface area (Å²) in [6.45, 7) is 4.73. The van der Waals surface area contributed by atoms with Gasteiger partial charge in [0.2, 0.25) is 10.0 Å². The Morgan fingerprint density at radius 1 is 1.32 bits per heavy atom. The van der Waals surface area contributed by atoms with Crippen molar-refractivity contribution < 1.29 is 8.42 Å². The number of rotatable bonds is 3. The molecule has 1 aliphatic heterocycles. The maximum Gasteiger partial charge on any atom is 0.218 e. The lowest BCUT2D eigenvalue weighted by atomic mass is 9.97. The molecule has 19 heavy (non-hydrogen) atoms. The summed E-state index contributed by atoms with van der Waals surface area (Å²) >= 11 is 0. The van der Waals surface area contributed by atoms with E-state index in [-0.39, 0.29) is 11.8 Å². The van der Waals surface area contributed by atoms with Gasteiger partial charge in [-0.1, -0.05) is 19.1 Å². The average Bonchev–Trinajstić information content (AvgIpc) is 2.31. The molecule has 0 amide bonds. The normalized spacial score (nSPS) is 25.4. The Kier molecular flexibility index (Phi) is 4.16. The smallest absolute Gasteiger partial charge is 0.218 e. The second-order valence-corrected chi connectivity index (χ2v) is 7.52. The van der Waals surface area contributed by atoms with Crippen LogP contribution >= 0.6 is 0 Å². The van der Waals surface area contributed by atoms with Gasteiger partial charge in [0.25, 0.3) is 0 Å². The number of benzene rings is 1. The maximum atomic E-state index is 12.5. The summed E-state index contributed by atoms with van der Waals surface area (Å²) in [7, 11) is -3.26. The predicted molar refractivity (Wildman–Crippen MR) is 78.0 cm³/mol. The van der Waals surface area contributed by atoms with Crippen LogP contribution in [0.15, 0.2) is 24.3 Å². The fourth-order valence-electron chi connectivity index (χ4n) is 2.61. The first-order chi connectivity index (χ1) is 8.88. The molecule has 2 unspecified atom stereocenters. The van der Waals surface area contributed by atoms with Crippen molar-refractivity contribution in [3.05, 3.63) is 29.8 Å². The van der Waals surface area contributed by atoms with E-state index < -0.39 is 10.0 Å². The van der Waals surface area contributed by atoms with E-state index in [4.69, 9.17) is 5.73 Å². The van der Waals surface area contributed by atoms with E-state index in [1.165, 1.54) is 0 Å². The van der Waals surface area contributed by atoms with E-state index >= 15 is 0 Å². The Hall–Kier alpha value is -1.07. The van der Waals surface area contributed by atoms with Crippen LogP contribution in [0.25, 0.3) is 0 Å². The monoisotopic (exact) mass is 282 g/mol. The summed E-state index contributed by atoms with van der Waals surface area (Å²) in [6, 6.07) is 7.20. The number of piperidine rings is 1. The molecule has 1 fully saturated rings. The van der Waals surface area contributed by atoms with Gasteiger partial charge >= 0.3 is 0 Å². The molecule has 2 rings (SSSR count). The molecule has 1 heterocycles. The van der Waals surface area contributed by atoms with Crippen molar-refractivity contribution in [2.75, 3.05) is 12.3 Å². The zero-order valence-electron chi connectivity index (χ0n) is 11.5. The van der Waals surface area contributed by atoms with Gasteiger partial charge in [0.05, 0.1) is 5.75 Å². The minimum Gasteiger partial charge on any atom is -0.399 e. The van der Waals surface area contributed by atoms with Crippen molar-refractivity contribution in [2.24, 2.45) is 5.92 Å². The van der Waals surface area contributed by atoms with Crippen LogP contribution in [0.5, 0.6) is 0 Å². The fraction of sp³-hybridized carbons (Fsp3) is 0.571. The van der Waals surface area contributed by atoms with E-state index in [9.17, 15) is 8.42 Å². The van der Waals surface area contributed by atoms with E-state index in [0.29, 0.717) is 18.2 Å². The number of hydrogen-bond donors (Lipinski definition) is 1. The Morgan fingerprint density at radius 2 is 2.05 bits per heavy atom. The van der Waals surface area contributed by atoms with Gasteiger partial charge in [-0.05, 0) is 43.4 Å². The van der Waals surface area contributed by atoms with Crippen LogP contribution in [-0.2, 0) is 15.8 Å². The van der Waals surface area contributed by atoms with Crippen LogP contribution < -0.4 is 5.73 Å². The lowest BCUT2D eigenvalue weighted by Gasteiger charge is -2.35. The highest BCUT2D eigenvalue weighted by Crippen LogP contribution is 2.26. The van der Waals surface area contributed by atoms with E-state index in [2.05, 4.69) is 6.92 Å². The first kappa shape index (κ1) is 14.3. The number of anilines is 1. The van der Waals surface area contributed by atoms with Gasteiger partial charge in [-0.15, -0.1) is 0 Å². The first-order valence-electron chi connectivity index (χ1n) is 6.72. The van der Waals surface area contributed by atoms with Gasteiger partial charge in [0, 0.05) is 18.3 Å². The van der Waals surface area contributed by atoms with Crippen molar-refractivity contribution in [1.29, 1.82) is 0 Å². The molecule has 0 saturated carbocycles. The van der Waals surface area contributed by atoms with Crippen molar-refractivity contribution >= 4 is 15.7 Å². The summed E-state index contributed by atoms with van der Waals surface area (Å²) < 4.78 is 26.7. The Bertz CT molecular complexity index is 542. The Morgan fingerprint density at radius 3 is 2.74 bits per heavy atom. The van der Waals surface area contributed by atoms with Crippen LogP contribution in [0.1, 0.15) is 32.3 Å². The lowest BCUT2D eigenvalue weighted by Crippen LogP contribution is -2.45. The van der Waals surface area contributed by atoms with Crippen LogP contribution in [0, 0.1) is 5.92 Å². The van der Waals surface area contributed by atoms with Crippen molar-refractivity contribution in [1.82, 2.24) is 4.31 Å². The Labute approximate surface area is 115 Å². The van der Waals surface area contributed by atoms with Gasteiger partial charge < -0.3 is 5.73 Å². The van der Waals surface area contributed by atoms with Crippen molar-refractivity contribution in [2.45, 2.75) is 38.5 Å². The highest BCUT2D eigenvalue weighted by atomic mass is 32.2. The second kappa shape index (κ2) is 5.51. The minimum absolute atomic E-state index is 0.0368. The fourth-order valence-corrected chi connectivity index (χ4v) is 4.51. The molecule has 4 nitrogen and oxygen atoms in total. The average molecular weight is 282 g/mol. The van der Waals surface area contributed by atoms with E-state index in [0.717, 1.165) is 18.4 Å². The summed E-state index contributed by atoms with van der Waals surface area (Å²) in [5, 5.41) is 0. The van der Waals surface area contributed by atoms with E-state index in [1.807, 2.05) is 13.0 Å². The quantitative estimate of drug-likeness (QED) is 0.865. The largest absolute Gasteiger partial charge is 0.399 e. The van der Waals surface area contributed by atoms with Crippen LogP contribution in [-0.4, -0.2) is 25.3 Å². The molecule has 0 aromatic heterocycles. The number of hydrogen-bond acceptors (Lipinski definition) is 3. The molecule has 1 aliphatic rings. The molecular weight excluding hydrogens is 260 g/mol. The lowest BCUT2D eigenvalue weighted by molar-refractivity contribution is 0.217. The molecule has 1 aromatic carbocycles. The molecule has 2 atom stereocenters. The number of nitrogens with zero attached hydrogens (tertiary/aromatic N) is 1. The zero-order chi connectivity index (χ0) is 14.0. The topological polar surface area (TPSA) is 63.4 Å². The summed E-state index contributed by atoms with van der Waals surface area (Å²) in [4.78, 5) is 0. The molecule has 0 bridgehead atoms. The highest BCUT2D eigenvalue weighted by molar-refractivity contribution is 7.88. The third kappa shape index (κ3) is 3.48.